The molecule has 0 atom stereocenters. The van der Waals surface area contributed by atoms with Gasteiger partial charge in [-0.05, 0) is 51.1 Å². The Bertz CT molecular complexity index is 694. The van der Waals surface area contributed by atoms with Gasteiger partial charge in [-0.15, -0.1) is 22.7 Å². The van der Waals surface area contributed by atoms with Crippen molar-refractivity contribution in [2.75, 3.05) is 5.32 Å². The smallest absolute Gasteiger partial charge is 0.225 e. The third-order valence-electron chi connectivity index (χ3n) is 2.36. The Morgan fingerprint density at radius 1 is 1.28 bits per heavy atom. The Kier molecular flexibility index (Phi) is 3.52. The Morgan fingerprint density at radius 3 is 2.94 bits per heavy atom. The maximum Gasteiger partial charge on any atom is 0.225 e. The maximum atomic E-state index is 5.91. The van der Waals surface area contributed by atoms with Gasteiger partial charge in [-0.2, -0.15) is 0 Å². The van der Waals surface area contributed by atoms with E-state index in [0.717, 1.165) is 26.4 Å². The first-order valence-electron chi connectivity index (χ1n) is 5.11. The predicted octanol–water partition coefficient (Wildman–Crippen LogP) is 4.78. The third-order valence-corrected chi connectivity index (χ3v) is 4.96. The summed E-state index contributed by atoms with van der Waals surface area (Å²) in [6, 6.07) is 6.12. The quantitative estimate of drug-likeness (QED) is 0.683. The van der Waals surface area contributed by atoms with Gasteiger partial charge in [0.05, 0.1) is 15.7 Å². The van der Waals surface area contributed by atoms with Crippen molar-refractivity contribution in [2.45, 2.75) is 6.54 Å². The molecule has 0 aromatic carbocycles. The van der Waals surface area contributed by atoms with Crippen LogP contribution in [0.25, 0.3) is 10.2 Å². The highest BCUT2D eigenvalue weighted by Gasteiger charge is 2.07. The fourth-order valence-corrected chi connectivity index (χ4v) is 3.99. The minimum atomic E-state index is 0.278. The van der Waals surface area contributed by atoms with Gasteiger partial charge in [-0.1, -0.05) is 0 Å². The number of nitrogens with one attached hydrogen (secondary N) is 1. The summed E-state index contributed by atoms with van der Waals surface area (Å²) < 4.78 is 1.13. The average Bonchev–Trinajstić information content (AvgIpc) is 2.94. The topological polar surface area (TPSA) is 37.8 Å². The van der Waals surface area contributed by atoms with Crippen molar-refractivity contribution in [3.63, 3.8) is 0 Å². The van der Waals surface area contributed by atoms with E-state index in [9.17, 15) is 0 Å². The molecule has 0 amide bonds. The Labute approximate surface area is 125 Å². The molecule has 92 valence electrons. The summed E-state index contributed by atoms with van der Waals surface area (Å²) in [7, 11) is 0. The molecule has 0 aliphatic heterocycles. The lowest BCUT2D eigenvalue weighted by Gasteiger charge is -2.05. The standard InChI is InChI=1S/C11H7BrClN3S2/c12-8-2-1-6(18-8)5-14-9-7-3-4-17-10(7)16-11(13)15-9/h1-4H,5H2,(H,14,15,16). The zero-order valence-electron chi connectivity index (χ0n) is 8.98. The van der Waals surface area contributed by atoms with Crippen LogP contribution in [0.4, 0.5) is 5.82 Å². The molecule has 0 radical (unpaired) electrons. The highest BCUT2D eigenvalue weighted by Crippen LogP contribution is 2.28. The molecule has 0 bridgehead atoms. The molecule has 18 heavy (non-hydrogen) atoms. The van der Waals surface area contributed by atoms with Crippen molar-refractivity contribution >= 4 is 66.2 Å². The first-order chi connectivity index (χ1) is 8.72. The number of aromatic nitrogens is 2. The number of halogens is 2. The number of hydrogen-bond acceptors (Lipinski definition) is 5. The van der Waals surface area contributed by atoms with Gasteiger partial charge in [0.2, 0.25) is 5.28 Å². The third kappa shape index (κ3) is 2.51. The summed E-state index contributed by atoms with van der Waals surface area (Å²) in [6.07, 6.45) is 0. The molecule has 0 saturated carbocycles. The zero-order chi connectivity index (χ0) is 12.5. The molecule has 0 unspecified atom stereocenters. The molecule has 7 heteroatoms. The van der Waals surface area contributed by atoms with E-state index in [2.05, 4.69) is 37.3 Å². The number of nitrogens with zero attached hydrogens (tertiary/aromatic N) is 2. The van der Waals surface area contributed by atoms with Crippen LogP contribution in [0.1, 0.15) is 4.88 Å². The van der Waals surface area contributed by atoms with Crippen molar-refractivity contribution in [3.05, 3.63) is 37.5 Å². The molecule has 1 N–H and O–H groups in total. The molecule has 0 fully saturated rings. The van der Waals surface area contributed by atoms with E-state index in [4.69, 9.17) is 11.6 Å². The number of fused-ring (bicyclic) bond motifs is 1. The molecule has 3 nitrogen and oxygen atoms in total. The Morgan fingerprint density at radius 2 is 2.17 bits per heavy atom. The number of anilines is 1. The molecular weight excluding hydrogens is 354 g/mol. The summed E-state index contributed by atoms with van der Waals surface area (Å²) >= 11 is 12.6. The molecule has 0 spiro atoms. The average molecular weight is 361 g/mol. The highest BCUT2D eigenvalue weighted by atomic mass is 79.9. The van der Waals surface area contributed by atoms with Crippen molar-refractivity contribution in [1.82, 2.24) is 9.97 Å². The van der Waals surface area contributed by atoms with Gasteiger partial charge in [0.1, 0.15) is 10.6 Å². The summed E-state index contributed by atoms with van der Waals surface area (Å²) in [4.78, 5) is 10.6. The predicted molar refractivity (Wildman–Crippen MR) is 81.8 cm³/mol. The summed E-state index contributed by atoms with van der Waals surface area (Å²) in [5.41, 5.74) is 0. The van der Waals surface area contributed by atoms with Gasteiger partial charge in [0, 0.05) is 4.88 Å². The lowest BCUT2D eigenvalue weighted by Crippen LogP contribution is -2.01. The number of rotatable bonds is 3. The van der Waals surface area contributed by atoms with Gasteiger partial charge in [0.15, 0.2) is 0 Å². The normalized spacial score (nSPS) is 11.0. The Hall–Kier alpha value is -0.690. The van der Waals surface area contributed by atoms with Crippen LogP contribution in [0.5, 0.6) is 0 Å². The molecule has 0 saturated heterocycles. The molecule has 3 aromatic heterocycles. The van der Waals surface area contributed by atoms with Crippen molar-refractivity contribution < 1.29 is 0 Å². The van der Waals surface area contributed by atoms with E-state index in [-0.39, 0.29) is 5.28 Å². The van der Waals surface area contributed by atoms with Crippen LogP contribution in [0.3, 0.4) is 0 Å². The van der Waals surface area contributed by atoms with Crippen molar-refractivity contribution in [2.24, 2.45) is 0 Å². The van der Waals surface area contributed by atoms with Crippen LogP contribution in [0.15, 0.2) is 27.4 Å². The van der Waals surface area contributed by atoms with E-state index in [0.29, 0.717) is 0 Å². The van der Waals surface area contributed by atoms with Crippen molar-refractivity contribution in [1.29, 1.82) is 0 Å². The molecule has 3 aromatic rings. The molecule has 3 heterocycles. The number of hydrogen-bond donors (Lipinski definition) is 1. The minimum Gasteiger partial charge on any atom is -0.364 e. The van der Waals surface area contributed by atoms with E-state index >= 15 is 0 Å². The van der Waals surface area contributed by atoms with Crippen LogP contribution in [0.2, 0.25) is 5.28 Å². The lowest BCUT2D eigenvalue weighted by molar-refractivity contribution is 1.13. The van der Waals surface area contributed by atoms with Crippen LogP contribution < -0.4 is 5.32 Å². The van der Waals surface area contributed by atoms with Gasteiger partial charge in [-0.3, -0.25) is 0 Å². The van der Waals surface area contributed by atoms with Gasteiger partial charge in [-0.25, -0.2) is 9.97 Å². The fourth-order valence-electron chi connectivity index (χ4n) is 1.58. The fraction of sp³-hybridized carbons (Fsp3) is 0.0909. The lowest BCUT2D eigenvalue weighted by atomic mass is 10.3. The largest absolute Gasteiger partial charge is 0.364 e. The van der Waals surface area contributed by atoms with Gasteiger partial charge >= 0.3 is 0 Å². The summed E-state index contributed by atoms with van der Waals surface area (Å²) in [5.74, 6) is 0.788. The second-order valence-corrected chi connectivity index (χ2v) is 7.32. The van der Waals surface area contributed by atoms with E-state index in [1.807, 2.05) is 17.5 Å². The molecular formula is C11H7BrClN3S2. The van der Waals surface area contributed by atoms with Crippen LogP contribution in [-0.4, -0.2) is 9.97 Å². The summed E-state index contributed by atoms with van der Waals surface area (Å²) in [6.45, 7) is 0.731. The molecule has 0 aliphatic carbocycles. The van der Waals surface area contributed by atoms with Crippen molar-refractivity contribution in [3.8, 4) is 0 Å². The first kappa shape index (κ1) is 12.3. The molecule has 0 aliphatic rings. The van der Waals surface area contributed by atoms with E-state index in [1.165, 1.54) is 4.88 Å². The second kappa shape index (κ2) is 5.13. The monoisotopic (exact) mass is 359 g/mol. The highest BCUT2D eigenvalue weighted by molar-refractivity contribution is 9.11. The van der Waals surface area contributed by atoms with E-state index < -0.39 is 0 Å². The van der Waals surface area contributed by atoms with Crippen LogP contribution in [0, 0.1) is 0 Å². The SMILES string of the molecule is Clc1nc(NCc2ccc(Br)s2)c2ccsc2n1. The zero-order valence-corrected chi connectivity index (χ0v) is 13.0. The minimum absolute atomic E-state index is 0.278. The van der Waals surface area contributed by atoms with Gasteiger partial charge in [0.25, 0.3) is 0 Å². The maximum absolute atomic E-state index is 5.91. The molecule has 3 rings (SSSR count). The first-order valence-corrected chi connectivity index (χ1v) is 7.98. The van der Waals surface area contributed by atoms with Crippen LogP contribution in [-0.2, 0) is 6.54 Å². The van der Waals surface area contributed by atoms with Crippen LogP contribution >= 0.6 is 50.2 Å². The van der Waals surface area contributed by atoms with E-state index in [1.54, 1.807) is 22.7 Å². The summed E-state index contributed by atoms with van der Waals surface area (Å²) in [5, 5.41) is 6.59. The number of thiophene rings is 2. The van der Waals surface area contributed by atoms with Gasteiger partial charge < -0.3 is 5.32 Å². The second-order valence-electron chi connectivity index (χ2n) is 3.54. The Balaban J connectivity index is 1.87.